The van der Waals surface area contributed by atoms with Gasteiger partial charge in [-0.25, -0.2) is 0 Å². The first-order valence-electron chi connectivity index (χ1n) is 5.58. The minimum Gasteiger partial charge on any atom is -0.481 e. The second-order valence-corrected chi connectivity index (χ2v) is 4.77. The zero-order chi connectivity index (χ0) is 10.2. The average Bonchev–Trinajstić information content (AvgIpc) is 2.18. The Hall–Kier alpha value is -0.570. The molecule has 0 aliphatic heterocycles. The number of carbonyl (C=O) groups is 1. The molecule has 3 nitrogen and oxygen atoms in total. The standard InChI is InChI=1S/C11H18O3/c12-9-5-3-7-11(10(13)14)6-2-1-4-8(9)11/h8-9,12H,1-7H2,(H,13,14)/t8-,9-,11+/m1/s1. The van der Waals surface area contributed by atoms with E-state index in [0.29, 0.717) is 0 Å². The Morgan fingerprint density at radius 2 is 1.86 bits per heavy atom. The van der Waals surface area contributed by atoms with Gasteiger partial charge in [-0.1, -0.05) is 12.8 Å². The molecule has 80 valence electrons. The van der Waals surface area contributed by atoms with E-state index in [1.807, 2.05) is 0 Å². The van der Waals surface area contributed by atoms with Crippen LogP contribution in [0.3, 0.4) is 0 Å². The molecule has 14 heavy (non-hydrogen) atoms. The number of hydrogen-bond donors (Lipinski definition) is 2. The number of aliphatic hydroxyl groups excluding tert-OH is 1. The van der Waals surface area contributed by atoms with Gasteiger partial charge in [0.25, 0.3) is 0 Å². The minimum atomic E-state index is -0.680. The maximum absolute atomic E-state index is 11.3. The van der Waals surface area contributed by atoms with Gasteiger partial charge in [-0.15, -0.1) is 0 Å². The highest BCUT2D eigenvalue weighted by atomic mass is 16.4. The highest BCUT2D eigenvalue weighted by Gasteiger charge is 2.51. The Kier molecular flexibility index (Phi) is 2.52. The van der Waals surface area contributed by atoms with Gasteiger partial charge < -0.3 is 10.2 Å². The molecule has 0 aromatic heterocycles. The largest absolute Gasteiger partial charge is 0.481 e. The third kappa shape index (κ3) is 1.34. The summed E-state index contributed by atoms with van der Waals surface area (Å²) in [5.41, 5.74) is -0.587. The van der Waals surface area contributed by atoms with E-state index in [1.54, 1.807) is 0 Å². The van der Waals surface area contributed by atoms with Crippen LogP contribution in [-0.4, -0.2) is 22.3 Å². The highest BCUT2D eigenvalue weighted by molar-refractivity contribution is 5.75. The lowest BCUT2D eigenvalue weighted by atomic mass is 9.58. The van der Waals surface area contributed by atoms with Crippen LogP contribution in [0.4, 0.5) is 0 Å². The van der Waals surface area contributed by atoms with Gasteiger partial charge in [-0.05, 0) is 32.1 Å². The van der Waals surface area contributed by atoms with Crippen molar-refractivity contribution in [3.05, 3.63) is 0 Å². The molecule has 0 spiro atoms. The fraction of sp³-hybridized carbons (Fsp3) is 0.909. The summed E-state index contributed by atoms with van der Waals surface area (Å²) in [7, 11) is 0. The van der Waals surface area contributed by atoms with Gasteiger partial charge in [0, 0.05) is 5.92 Å². The molecule has 3 atom stereocenters. The van der Waals surface area contributed by atoms with E-state index in [2.05, 4.69) is 0 Å². The molecular formula is C11H18O3. The molecule has 2 rings (SSSR count). The maximum atomic E-state index is 11.3. The fourth-order valence-electron chi connectivity index (χ4n) is 3.34. The van der Waals surface area contributed by atoms with Crippen LogP contribution in [0.15, 0.2) is 0 Å². The van der Waals surface area contributed by atoms with Gasteiger partial charge in [0.15, 0.2) is 0 Å². The summed E-state index contributed by atoms with van der Waals surface area (Å²) < 4.78 is 0. The Balaban J connectivity index is 2.26. The first-order chi connectivity index (χ1) is 6.67. The second kappa shape index (κ2) is 3.54. The van der Waals surface area contributed by atoms with E-state index in [0.717, 1.165) is 44.9 Å². The van der Waals surface area contributed by atoms with Crippen molar-refractivity contribution in [2.75, 3.05) is 0 Å². The molecule has 0 saturated heterocycles. The molecule has 0 heterocycles. The van der Waals surface area contributed by atoms with Crippen LogP contribution in [0, 0.1) is 11.3 Å². The van der Waals surface area contributed by atoms with Crippen molar-refractivity contribution < 1.29 is 15.0 Å². The van der Waals surface area contributed by atoms with Crippen LogP contribution < -0.4 is 0 Å². The summed E-state index contributed by atoms with van der Waals surface area (Å²) in [4.78, 5) is 11.3. The summed E-state index contributed by atoms with van der Waals surface area (Å²) in [6.07, 6.45) is 5.80. The molecule has 2 fully saturated rings. The van der Waals surface area contributed by atoms with E-state index in [1.165, 1.54) is 0 Å². The molecule has 0 bridgehead atoms. The van der Waals surface area contributed by atoms with Gasteiger partial charge in [-0.2, -0.15) is 0 Å². The maximum Gasteiger partial charge on any atom is 0.310 e. The predicted molar refractivity (Wildman–Crippen MR) is 51.9 cm³/mol. The van der Waals surface area contributed by atoms with E-state index in [9.17, 15) is 15.0 Å². The molecule has 2 N–H and O–H groups in total. The van der Waals surface area contributed by atoms with Crippen LogP contribution >= 0.6 is 0 Å². The zero-order valence-corrected chi connectivity index (χ0v) is 8.41. The Labute approximate surface area is 84.1 Å². The second-order valence-electron chi connectivity index (χ2n) is 4.77. The van der Waals surface area contributed by atoms with E-state index in [-0.39, 0.29) is 12.0 Å². The van der Waals surface area contributed by atoms with Crippen molar-refractivity contribution in [2.24, 2.45) is 11.3 Å². The summed E-state index contributed by atoms with van der Waals surface area (Å²) in [5, 5.41) is 19.2. The lowest BCUT2D eigenvalue weighted by Gasteiger charge is -2.46. The molecule has 0 amide bonds. The Morgan fingerprint density at radius 1 is 1.14 bits per heavy atom. The third-order valence-corrected chi connectivity index (χ3v) is 4.11. The smallest absolute Gasteiger partial charge is 0.310 e. The Morgan fingerprint density at radius 3 is 2.50 bits per heavy atom. The van der Waals surface area contributed by atoms with Crippen LogP contribution in [0.25, 0.3) is 0 Å². The number of carboxylic acid groups (broad SMARTS) is 1. The summed E-state index contributed by atoms with van der Waals surface area (Å²) in [5.74, 6) is -0.663. The molecule has 2 saturated carbocycles. The molecule has 2 aliphatic carbocycles. The third-order valence-electron chi connectivity index (χ3n) is 4.11. The zero-order valence-electron chi connectivity index (χ0n) is 8.41. The molecule has 0 aromatic carbocycles. The average molecular weight is 198 g/mol. The summed E-state index contributed by atoms with van der Waals surface area (Å²) in [6.45, 7) is 0. The molecule has 2 aliphatic rings. The Bertz CT molecular complexity index is 235. The fourth-order valence-corrected chi connectivity index (χ4v) is 3.34. The number of aliphatic hydroxyl groups is 1. The van der Waals surface area contributed by atoms with Crippen molar-refractivity contribution >= 4 is 5.97 Å². The van der Waals surface area contributed by atoms with Crippen molar-refractivity contribution in [1.82, 2.24) is 0 Å². The quantitative estimate of drug-likeness (QED) is 0.675. The normalized spacial score (nSPS) is 42.9. The lowest BCUT2D eigenvalue weighted by Crippen LogP contribution is -2.49. The summed E-state index contributed by atoms with van der Waals surface area (Å²) in [6, 6.07) is 0. The first-order valence-corrected chi connectivity index (χ1v) is 5.58. The van der Waals surface area contributed by atoms with Crippen molar-refractivity contribution in [1.29, 1.82) is 0 Å². The lowest BCUT2D eigenvalue weighted by molar-refractivity contribution is -0.164. The number of rotatable bonds is 1. The van der Waals surface area contributed by atoms with Crippen LogP contribution in [0.1, 0.15) is 44.9 Å². The molecule has 0 unspecified atom stereocenters. The summed E-state index contributed by atoms with van der Waals surface area (Å²) >= 11 is 0. The highest BCUT2D eigenvalue weighted by Crippen LogP contribution is 2.50. The van der Waals surface area contributed by atoms with Crippen molar-refractivity contribution in [3.63, 3.8) is 0 Å². The van der Waals surface area contributed by atoms with Crippen molar-refractivity contribution in [2.45, 2.75) is 51.0 Å². The number of aliphatic carboxylic acids is 1. The van der Waals surface area contributed by atoms with Gasteiger partial charge in [0.05, 0.1) is 11.5 Å². The minimum absolute atomic E-state index is 0.0162. The van der Waals surface area contributed by atoms with Crippen molar-refractivity contribution in [3.8, 4) is 0 Å². The molecule has 0 radical (unpaired) electrons. The van der Waals surface area contributed by atoms with Crippen LogP contribution in [0.2, 0.25) is 0 Å². The van der Waals surface area contributed by atoms with Gasteiger partial charge >= 0.3 is 5.97 Å². The van der Waals surface area contributed by atoms with Gasteiger partial charge in [0.1, 0.15) is 0 Å². The van der Waals surface area contributed by atoms with Gasteiger partial charge in [-0.3, -0.25) is 4.79 Å². The first kappa shape index (κ1) is 9.97. The van der Waals surface area contributed by atoms with Crippen LogP contribution in [-0.2, 0) is 4.79 Å². The number of hydrogen-bond acceptors (Lipinski definition) is 2. The van der Waals surface area contributed by atoms with E-state index >= 15 is 0 Å². The molecule has 0 aromatic rings. The van der Waals surface area contributed by atoms with E-state index < -0.39 is 11.4 Å². The SMILES string of the molecule is O=C(O)[C@]12CCCC[C@@H]1[C@H](O)CCC2. The molecule has 3 heteroatoms. The predicted octanol–water partition coefficient (Wildman–Crippen LogP) is 1.79. The molecular weight excluding hydrogens is 180 g/mol. The monoisotopic (exact) mass is 198 g/mol. The van der Waals surface area contributed by atoms with E-state index in [4.69, 9.17) is 0 Å². The topological polar surface area (TPSA) is 57.5 Å². The number of carboxylic acids is 1. The van der Waals surface area contributed by atoms with Gasteiger partial charge in [0.2, 0.25) is 0 Å². The van der Waals surface area contributed by atoms with Crippen LogP contribution in [0.5, 0.6) is 0 Å². The number of fused-ring (bicyclic) bond motifs is 1.